The van der Waals surface area contributed by atoms with E-state index >= 15 is 0 Å². The van der Waals surface area contributed by atoms with Crippen LogP contribution in [-0.2, 0) is 0 Å². The Balaban J connectivity index is 1.52. The first-order chi connectivity index (χ1) is 11.3. The van der Waals surface area contributed by atoms with E-state index in [2.05, 4.69) is 27.6 Å². The second kappa shape index (κ2) is 8.04. The lowest BCUT2D eigenvalue weighted by Gasteiger charge is -2.21. The molecule has 0 amide bonds. The first-order valence-corrected chi connectivity index (χ1v) is 8.82. The summed E-state index contributed by atoms with van der Waals surface area (Å²) in [6.45, 7) is 2.09. The molecule has 0 bridgehead atoms. The van der Waals surface area contributed by atoms with E-state index in [4.69, 9.17) is 0 Å². The fourth-order valence-corrected chi connectivity index (χ4v) is 3.44. The quantitative estimate of drug-likeness (QED) is 0.591. The average Bonchev–Trinajstić information content (AvgIpc) is 2.61. The fraction of sp³-hybridized carbons (Fsp3) is 0.526. The lowest BCUT2D eigenvalue weighted by atomic mass is 9.85. The Morgan fingerprint density at radius 1 is 1.22 bits per heavy atom. The molecule has 0 spiro atoms. The Kier molecular flexibility index (Phi) is 5.56. The monoisotopic (exact) mass is 310 g/mol. The number of anilines is 1. The minimum atomic E-state index is 0.731. The Hall–Kier alpha value is -1.97. The van der Waals surface area contributed by atoms with E-state index in [0.717, 1.165) is 34.6 Å². The molecule has 4 heteroatoms. The normalized spacial score (nSPS) is 16.7. The standard InChI is InChI=1S/C19H26N4/c1-15(8-7-11-16-9-3-2-4-10-16)21-23-19-18-13-6-5-12-17(18)14-20-22-19/h5-6,12-14,16H,2-4,7-11H2,1H3,(H,22,23)/b21-15-. The van der Waals surface area contributed by atoms with Gasteiger partial charge in [-0.1, -0.05) is 62.8 Å². The summed E-state index contributed by atoms with van der Waals surface area (Å²) in [6.07, 6.45) is 12.6. The molecule has 1 aliphatic rings. The van der Waals surface area contributed by atoms with Crippen LogP contribution in [0.4, 0.5) is 5.82 Å². The molecule has 0 saturated heterocycles. The highest BCUT2D eigenvalue weighted by atomic mass is 15.3. The highest BCUT2D eigenvalue weighted by Crippen LogP contribution is 2.27. The van der Waals surface area contributed by atoms with Crippen LogP contribution in [0.25, 0.3) is 10.8 Å². The van der Waals surface area contributed by atoms with E-state index in [-0.39, 0.29) is 0 Å². The third-order valence-electron chi connectivity index (χ3n) is 4.80. The number of hydrogen-bond acceptors (Lipinski definition) is 4. The lowest BCUT2D eigenvalue weighted by Crippen LogP contribution is -2.07. The molecular weight excluding hydrogens is 284 g/mol. The number of rotatable bonds is 6. The van der Waals surface area contributed by atoms with Gasteiger partial charge in [0.25, 0.3) is 0 Å². The highest BCUT2D eigenvalue weighted by molar-refractivity contribution is 5.91. The average molecular weight is 310 g/mol. The molecule has 23 heavy (non-hydrogen) atoms. The maximum atomic E-state index is 4.49. The summed E-state index contributed by atoms with van der Waals surface area (Å²) in [6, 6.07) is 8.10. The van der Waals surface area contributed by atoms with Gasteiger partial charge in [-0.2, -0.15) is 10.2 Å². The van der Waals surface area contributed by atoms with Gasteiger partial charge in [-0.3, -0.25) is 5.43 Å². The van der Waals surface area contributed by atoms with Gasteiger partial charge >= 0.3 is 0 Å². The van der Waals surface area contributed by atoms with Crippen LogP contribution in [-0.4, -0.2) is 15.9 Å². The molecule has 0 radical (unpaired) electrons. The molecule has 2 aromatic rings. The number of nitrogens with one attached hydrogen (secondary N) is 1. The Morgan fingerprint density at radius 3 is 2.91 bits per heavy atom. The van der Waals surface area contributed by atoms with Crippen LogP contribution in [0, 0.1) is 5.92 Å². The third kappa shape index (κ3) is 4.50. The first-order valence-electron chi connectivity index (χ1n) is 8.82. The maximum absolute atomic E-state index is 4.49. The van der Waals surface area contributed by atoms with E-state index in [9.17, 15) is 0 Å². The van der Waals surface area contributed by atoms with Gasteiger partial charge in [0.2, 0.25) is 0 Å². The van der Waals surface area contributed by atoms with E-state index in [1.807, 2.05) is 24.3 Å². The summed E-state index contributed by atoms with van der Waals surface area (Å²) in [7, 11) is 0. The number of benzene rings is 1. The van der Waals surface area contributed by atoms with Crippen molar-refractivity contribution >= 4 is 22.3 Å². The summed E-state index contributed by atoms with van der Waals surface area (Å²) in [5.74, 6) is 1.68. The molecule has 1 aromatic heterocycles. The number of aromatic nitrogens is 2. The van der Waals surface area contributed by atoms with Crippen molar-refractivity contribution in [3.8, 4) is 0 Å². The predicted octanol–water partition coefficient (Wildman–Crippen LogP) is 5.17. The number of fused-ring (bicyclic) bond motifs is 1. The van der Waals surface area contributed by atoms with Crippen LogP contribution in [0.2, 0.25) is 0 Å². The Morgan fingerprint density at radius 2 is 2.04 bits per heavy atom. The molecule has 0 atom stereocenters. The zero-order valence-electron chi connectivity index (χ0n) is 14.0. The zero-order valence-corrected chi connectivity index (χ0v) is 14.0. The minimum Gasteiger partial charge on any atom is -0.259 e. The van der Waals surface area contributed by atoms with E-state index in [1.54, 1.807) is 6.20 Å². The van der Waals surface area contributed by atoms with Crippen molar-refractivity contribution in [1.29, 1.82) is 0 Å². The van der Waals surface area contributed by atoms with Gasteiger partial charge in [0, 0.05) is 16.5 Å². The zero-order chi connectivity index (χ0) is 15.9. The molecular formula is C19H26N4. The minimum absolute atomic E-state index is 0.731. The van der Waals surface area contributed by atoms with Gasteiger partial charge in [-0.25, -0.2) is 0 Å². The summed E-state index contributed by atoms with van der Waals surface area (Å²) in [4.78, 5) is 0. The van der Waals surface area contributed by atoms with E-state index < -0.39 is 0 Å². The van der Waals surface area contributed by atoms with Gasteiger partial charge in [0.15, 0.2) is 5.82 Å². The van der Waals surface area contributed by atoms with Crippen molar-refractivity contribution in [2.75, 3.05) is 5.43 Å². The molecule has 0 unspecified atom stereocenters. The molecule has 1 aromatic carbocycles. The van der Waals surface area contributed by atoms with Crippen LogP contribution in [0.15, 0.2) is 35.6 Å². The second-order valence-corrected chi connectivity index (χ2v) is 6.64. The van der Waals surface area contributed by atoms with Gasteiger partial charge in [0.1, 0.15) is 0 Å². The van der Waals surface area contributed by atoms with Crippen molar-refractivity contribution in [3.05, 3.63) is 30.5 Å². The molecule has 1 heterocycles. The SMILES string of the molecule is C/C(CCCC1CCCCC1)=N/Nc1nncc2ccccc12. The van der Waals surface area contributed by atoms with Gasteiger partial charge < -0.3 is 0 Å². The van der Waals surface area contributed by atoms with Crippen LogP contribution < -0.4 is 5.43 Å². The molecule has 122 valence electrons. The van der Waals surface area contributed by atoms with E-state index in [1.165, 1.54) is 44.9 Å². The summed E-state index contributed by atoms with van der Waals surface area (Å²) < 4.78 is 0. The Bertz CT molecular complexity index is 654. The molecule has 4 nitrogen and oxygen atoms in total. The third-order valence-corrected chi connectivity index (χ3v) is 4.80. The first kappa shape index (κ1) is 15.9. The molecule has 1 saturated carbocycles. The summed E-state index contributed by atoms with van der Waals surface area (Å²) >= 11 is 0. The predicted molar refractivity (Wildman–Crippen MR) is 96.7 cm³/mol. The van der Waals surface area contributed by atoms with E-state index in [0.29, 0.717) is 0 Å². The molecule has 0 aliphatic heterocycles. The lowest BCUT2D eigenvalue weighted by molar-refractivity contribution is 0.334. The molecule has 3 rings (SSSR count). The maximum Gasteiger partial charge on any atom is 0.176 e. The highest BCUT2D eigenvalue weighted by Gasteiger charge is 2.12. The van der Waals surface area contributed by atoms with Crippen molar-refractivity contribution in [3.63, 3.8) is 0 Å². The molecule has 1 fully saturated rings. The van der Waals surface area contributed by atoms with Crippen LogP contribution in [0.5, 0.6) is 0 Å². The van der Waals surface area contributed by atoms with Crippen molar-refractivity contribution in [1.82, 2.24) is 10.2 Å². The van der Waals surface area contributed by atoms with Crippen LogP contribution in [0.3, 0.4) is 0 Å². The van der Waals surface area contributed by atoms with Crippen molar-refractivity contribution in [2.45, 2.75) is 58.3 Å². The smallest absolute Gasteiger partial charge is 0.176 e. The molecule has 1 aliphatic carbocycles. The van der Waals surface area contributed by atoms with Crippen molar-refractivity contribution in [2.24, 2.45) is 11.0 Å². The van der Waals surface area contributed by atoms with Crippen LogP contribution >= 0.6 is 0 Å². The van der Waals surface area contributed by atoms with Gasteiger partial charge in [-0.05, 0) is 25.7 Å². The number of hydrazone groups is 1. The second-order valence-electron chi connectivity index (χ2n) is 6.64. The molecule has 1 N–H and O–H groups in total. The van der Waals surface area contributed by atoms with Gasteiger partial charge in [-0.15, -0.1) is 5.10 Å². The summed E-state index contributed by atoms with van der Waals surface area (Å²) in [5.41, 5.74) is 4.22. The fourth-order valence-electron chi connectivity index (χ4n) is 3.44. The van der Waals surface area contributed by atoms with Crippen molar-refractivity contribution < 1.29 is 0 Å². The topological polar surface area (TPSA) is 50.2 Å². The Labute approximate surface area is 138 Å². The number of nitrogens with zero attached hydrogens (tertiary/aromatic N) is 3. The van der Waals surface area contributed by atoms with Crippen LogP contribution in [0.1, 0.15) is 58.3 Å². The van der Waals surface area contributed by atoms with Gasteiger partial charge in [0.05, 0.1) is 6.20 Å². The largest absolute Gasteiger partial charge is 0.259 e. The summed E-state index contributed by atoms with van der Waals surface area (Å²) in [5, 5.41) is 14.8. The number of hydrogen-bond donors (Lipinski definition) is 1.